The maximum Gasteiger partial charge on any atom is 0.254 e. The first-order valence-corrected chi connectivity index (χ1v) is 10.2. The highest BCUT2D eigenvalue weighted by molar-refractivity contribution is 7.91. The molecule has 1 atom stereocenters. The highest BCUT2D eigenvalue weighted by Gasteiger charge is 2.32. The minimum Gasteiger partial charge on any atom is -0.352 e. The molecule has 1 unspecified atom stereocenters. The van der Waals surface area contributed by atoms with Crippen molar-refractivity contribution in [1.82, 2.24) is 15.3 Å². The number of sulfone groups is 1. The first-order valence-electron chi connectivity index (χ1n) is 8.39. The molecule has 24 heavy (non-hydrogen) atoms. The van der Waals surface area contributed by atoms with Gasteiger partial charge in [-0.1, -0.05) is 13.8 Å². The van der Waals surface area contributed by atoms with Crippen LogP contribution < -0.4 is 10.2 Å². The zero-order valence-electron chi connectivity index (χ0n) is 14.5. The van der Waals surface area contributed by atoms with Gasteiger partial charge in [-0.05, 0) is 25.7 Å². The zero-order chi connectivity index (χ0) is 17.7. The summed E-state index contributed by atoms with van der Waals surface area (Å²) in [5, 5.41) is 2.85. The summed E-state index contributed by atoms with van der Waals surface area (Å²) in [6, 6.07) is -0.0919. The van der Waals surface area contributed by atoms with Gasteiger partial charge in [0.25, 0.3) is 5.91 Å². The Bertz CT molecular complexity index is 658. The van der Waals surface area contributed by atoms with Crippen LogP contribution in [0.1, 0.15) is 44.0 Å². The molecule has 0 aromatic carbocycles. The quantitative estimate of drug-likeness (QED) is 0.793. The normalized spacial score (nSPS) is 19.4. The zero-order valence-corrected chi connectivity index (χ0v) is 15.3. The van der Waals surface area contributed by atoms with Crippen LogP contribution >= 0.6 is 0 Å². The average molecular weight is 354 g/mol. The summed E-state index contributed by atoms with van der Waals surface area (Å²) in [7, 11) is -2.96. The van der Waals surface area contributed by atoms with Gasteiger partial charge in [-0.15, -0.1) is 0 Å². The Hall–Kier alpha value is -1.70. The summed E-state index contributed by atoms with van der Waals surface area (Å²) in [5.74, 6) is 1.17. The van der Waals surface area contributed by atoms with E-state index in [-0.39, 0.29) is 23.5 Å². The SMILES string of the molecule is CCN(c1ncc(C(=O)NCCC(C)C)cn1)C1CCS(=O)(=O)C1. The van der Waals surface area contributed by atoms with Crippen LogP contribution in [0.2, 0.25) is 0 Å². The molecule has 1 saturated heterocycles. The van der Waals surface area contributed by atoms with E-state index in [1.165, 1.54) is 12.4 Å². The molecule has 2 rings (SSSR count). The lowest BCUT2D eigenvalue weighted by Crippen LogP contribution is -2.37. The molecular formula is C16H26N4O3S. The fraction of sp³-hybridized carbons (Fsp3) is 0.688. The van der Waals surface area contributed by atoms with E-state index < -0.39 is 9.84 Å². The van der Waals surface area contributed by atoms with E-state index in [1.807, 2.05) is 11.8 Å². The third-order valence-electron chi connectivity index (χ3n) is 4.15. The molecule has 0 aliphatic carbocycles. The van der Waals surface area contributed by atoms with Crippen molar-refractivity contribution in [3.63, 3.8) is 0 Å². The van der Waals surface area contributed by atoms with Crippen LogP contribution in [0, 0.1) is 5.92 Å². The molecule has 1 amide bonds. The first kappa shape index (κ1) is 18.6. The van der Waals surface area contributed by atoms with E-state index in [4.69, 9.17) is 0 Å². The van der Waals surface area contributed by atoms with Crippen molar-refractivity contribution in [2.45, 2.75) is 39.7 Å². The third kappa shape index (κ3) is 4.90. The maximum atomic E-state index is 12.0. The largest absolute Gasteiger partial charge is 0.352 e. The minimum absolute atomic E-state index is 0.0919. The van der Waals surface area contributed by atoms with E-state index in [1.54, 1.807) is 0 Å². The molecule has 1 aromatic heterocycles. The second kappa shape index (κ2) is 7.92. The molecule has 0 spiro atoms. The summed E-state index contributed by atoms with van der Waals surface area (Å²) in [4.78, 5) is 22.5. The molecule has 0 bridgehead atoms. The Morgan fingerprint density at radius 2 is 2.04 bits per heavy atom. The number of carbonyl (C=O) groups is 1. The smallest absolute Gasteiger partial charge is 0.254 e. The van der Waals surface area contributed by atoms with Gasteiger partial charge in [0.15, 0.2) is 9.84 Å². The first-order chi connectivity index (χ1) is 11.3. The van der Waals surface area contributed by atoms with E-state index in [2.05, 4.69) is 29.1 Å². The predicted molar refractivity (Wildman–Crippen MR) is 93.9 cm³/mol. The number of nitrogens with zero attached hydrogens (tertiary/aromatic N) is 3. The van der Waals surface area contributed by atoms with Crippen LogP contribution in [0.3, 0.4) is 0 Å². The summed E-state index contributed by atoms with van der Waals surface area (Å²) in [6.45, 7) is 7.40. The number of amides is 1. The number of hydrogen-bond donors (Lipinski definition) is 1. The van der Waals surface area contributed by atoms with Crippen LogP contribution in [-0.4, -0.2) is 54.9 Å². The predicted octanol–water partition coefficient (Wildman–Crippen LogP) is 1.27. The monoisotopic (exact) mass is 354 g/mol. The Balaban J connectivity index is 2.01. The van der Waals surface area contributed by atoms with Crippen molar-refractivity contribution in [1.29, 1.82) is 0 Å². The number of anilines is 1. The third-order valence-corrected chi connectivity index (χ3v) is 5.90. The van der Waals surface area contributed by atoms with Gasteiger partial charge in [-0.2, -0.15) is 0 Å². The van der Waals surface area contributed by atoms with Crippen LogP contribution in [0.25, 0.3) is 0 Å². The molecule has 2 heterocycles. The van der Waals surface area contributed by atoms with Crippen molar-refractivity contribution in [3.8, 4) is 0 Å². The number of rotatable bonds is 7. The molecule has 0 radical (unpaired) electrons. The second-order valence-corrected chi connectivity index (χ2v) is 8.78. The molecule has 134 valence electrons. The van der Waals surface area contributed by atoms with Crippen LogP contribution in [0.4, 0.5) is 5.95 Å². The lowest BCUT2D eigenvalue weighted by molar-refractivity contribution is 0.0951. The molecule has 1 aliphatic rings. The molecular weight excluding hydrogens is 328 g/mol. The molecule has 1 aliphatic heterocycles. The van der Waals surface area contributed by atoms with Gasteiger partial charge in [0.1, 0.15) is 0 Å². The lowest BCUT2D eigenvalue weighted by Gasteiger charge is -2.26. The van der Waals surface area contributed by atoms with Gasteiger partial charge in [0.05, 0.1) is 17.1 Å². The van der Waals surface area contributed by atoms with Gasteiger partial charge in [0.2, 0.25) is 5.95 Å². The number of aromatic nitrogens is 2. The summed E-state index contributed by atoms with van der Waals surface area (Å²) < 4.78 is 23.3. The van der Waals surface area contributed by atoms with Gasteiger partial charge in [0, 0.05) is 31.5 Å². The van der Waals surface area contributed by atoms with Crippen LogP contribution in [0.5, 0.6) is 0 Å². The van der Waals surface area contributed by atoms with Gasteiger partial charge in [-0.25, -0.2) is 18.4 Å². The van der Waals surface area contributed by atoms with Crippen molar-refractivity contribution in [3.05, 3.63) is 18.0 Å². The standard InChI is InChI=1S/C16H26N4O3S/c1-4-20(14-6-8-24(22,23)11-14)16-18-9-13(10-19-16)15(21)17-7-5-12(2)3/h9-10,12,14H,4-8,11H2,1-3H3,(H,17,21). The fourth-order valence-corrected chi connectivity index (χ4v) is 4.48. The summed E-state index contributed by atoms with van der Waals surface area (Å²) in [5.41, 5.74) is 0.414. The van der Waals surface area contributed by atoms with E-state index in [0.717, 1.165) is 6.42 Å². The average Bonchev–Trinajstić information content (AvgIpc) is 2.88. The Labute approximate surface area is 143 Å². The van der Waals surface area contributed by atoms with Gasteiger partial charge >= 0.3 is 0 Å². The highest BCUT2D eigenvalue weighted by atomic mass is 32.2. The highest BCUT2D eigenvalue weighted by Crippen LogP contribution is 2.21. The topological polar surface area (TPSA) is 92.3 Å². The minimum atomic E-state index is -2.96. The lowest BCUT2D eigenvalue weighted by atomic mass is 10.1. The molecule has 1 N–H and O–H groups in total. The molecule has 1 aromatic rings. The summed E-state index contributed by atoms with van der Waals surface area (Å²) >= 11 is 0. The van der Waals surface area contributed by atoms with Crippen LogP contribution in [0.15, 0.2) is 12.4 Å². The van der Waals surface area contributed by atoms with Gasteiger partial charge in [-0.3, -0.25) is 4.79 Å². The number of hydrogen-bond acceptors (Lipinski definition) is 6. The summed E-state index contributed by atoms with van der Waals surface area (Å²) in [6.07, 6.45) is 4.51. The number of nitrogens with one attached hydrogen (secondary N) is 1. The Morgan fingerprint density at radius 3 is 2.54 bits per heavy atom. The van der Waals surface area contributed by atoms with E-state index in [0.29, 0.717) is 36.9 Å². The molecule has 7 nitrogen and oxygen atoms in total. The fourth-order valence-electron chi connectivity index (χ4n) is 2.75. The van der Waals surface area contributed by atoms with Crippen molar-refractivity contribution >= 4 is 21.7 Å². The maximum absolute atomic E-state index is 12.0. The second-order valence-electron chi connectivity index (χ2n) is 6.55. The number of carbonyl (C=O) groups excluding carboxylic acids is 1. The van der Waals surface area contributed by atoms with E-state index in [9.17, 15) is 13.2 Å². The van der Waals surface area contributed by atoms with Crippen molar-refractivity contribution in [2.75, 3.05) is 29.5 Å². The Morgan fingerprint density at radius 1 is 1.38 bits per heavy atom. The molecule has 1 fully saturated rings. The molecule has 8 heteroatoms. The van der Waals surface area contributed by atoms with Crippen LogP contribution in [-0.2, 0) is 9.84 Å². The Kier molecular flexibility index (Phi) is 6.15. The molecule has 0 saturated carbocycles. The van der Waals surface area contributed by atoms with Crippen molar-refractivity contribution in [2.24, 2.45) is 5.92 Å². The van der Waals surface area contributed by atoms with Gasteiger partial charge < -0.3 is 10.2 Å². The van der Waals surface area contributed by atoms with Crippen molar-refractivity contribution < 1.29 is 13.2 Å². The van der Waals surface area contributed by atoms with E-state index >= 15 is 0 Å².